The fourth-order valence-electron chi connectivity index (χ4n) is 3.29. The van der Waals surface area contributed by atoms with Gasteiger partial charge in [-0.3, -0.25) is 4.90 Å². The standard InChI is InChI=1S/C23H29ClN2O2/c24-22-12-10-21(11-13-22)23(9-4-8-20-6-2-1-3-7-20)25-28-17-5-14-26-15-18-27-19-16-26/h1-3,6-7,10-13H,4-5,8-9,14-19H2. The molecule has 0 N–H and O–H groups in total. The number of hydrogen-bond donors (Lipinski definition) is 0. The first-order valence-corrected chi connectivity index (χ1v) is 10.5. The molecule has 150 valence electrons. The summed E-state index contributed by atoms with van der Waals surface area (Å²) in [6, 6.07) is 18.4. The zero-order valence-electron chi connectivity index (χ0n) is 16.4. The average Bonchev–Trinajstić information content (AvgIpc) is 2.74. The lowest BCUT2D eigenvalue weighted by molar-refractivity contribution is 0.0322. The Kier molecular flexibility index (Phi) is 8.82. The Hall–Kier alpha value is -1.88. The van der Waals surface area contributed by atoms with Gasteiger partial charge in [-0.25, -0.2) is 0 Å². The summed E-state index contributed by atoms with van der Waals surface area (Å²) < 4.78 is 5.38. The van der Waals surface area contributed by atoms with E-state index in [1.807, 2.05) is 24.3 Å². The van der Waals surface area contributed by atoms with Crippen LogP contribution >= 0.6 is 11.6 Å². The van der Waals surface area contributed by atoms with Crippen LogP contribution in [0.15, 0.2) is 59.8 Å². The second kappa shape index (κ2) is 11.8. The highest BCUT2D eigenvalue weighted by Crippen LogP contribution is 2.14. The SMILES string of the molecule is Clc1ccc(C(CCCc2ccccc2)=NOCCCN2CCOCC2)cc1. The third-order valence-corrected chi connectivity index (χ3v) is 5.14. The third-order valence-electron chi connectivity index (χ3n) is 4.89. The van der Waals surface area contributed by atoms with Gasteiger partial charge in [0.1, 0.15) is 6.61 Å². The van der Waals surface area contributed by atoms with Crippen molar-refractivity contribution in [3.63, 3.8) is 0 Å². The maximum Gasteiger partial charge on any atom is 0.118 e. The molecule has 0 unspecified atom stereocenters. The fraction of sp³-hybridized carbons (Fsp3) is 0.435. The van der Waals surface area contributed by atoms with E-state index in [9.17, 15) is 0 Å². The number of morpholine rings is 1. The Labute approximate surface area is 173 Å². The zero-order valence-corrected chi connectivity index (χ0v) is 17.1. The molecule has 3 rings (SSSR count). The van der Waals surface area contributed by atoms with Crippen LogP contribution < -0.4 is 0 Å². The topological polar surface area (TPSA) is 34.1 Å². The monoisotopic (exact) mass is 400 g/mol. The summed E-state index contributed by atoms with van der Waals surface area (Å²) in [6.07, 6.45) is 3.91. The van der Waals surface area contributed by atoms with Crippen molar-refractivity contribution in [2.45, 2.75) is 25.7 Å². The van der Waals surface area contributed by atoms with Gasteiger partial charge in [-0.05, 0) is 48.9 Å². The zero-order chi connectivity index (χ0) is 19.4. The maximum atomic E-state index is 6.04. The first-order valence-electron chi connectivity index (χ1n) is 10.1. The number of nitrogens with zero attached hydrogens (tertiary/aromatic N) is 2. The van der Waals surface area contributed by atoms with Gasteiger partial charge in [-0.15, -0.1) is 0 Å². The van der Waals surface area contributed by atoms with Crippen molar-refractivity contribution < 1.29 is 9.57 Å². The van der Waals surface area contributed by atoms with Gasteiger partial charge in [-0.2, -0.15) is 0 Å². The number of aryl methyl sites for hydroxylation is 1. The van der Waals surface area contributed by atoms with E-state index >= 15 is 0 Å². The van der Waals surface area contributed by atoms with E-state index in [0.29, 0.717) is 6.61 Å². The van der Waals surface area contributed by atoms with Crippen LogP contribution in [-0.2, 0) is 16.0 Å². The van der Waals surface area contributed by atoms with Gasteiger partial charge in [0.25, 0.3) is 0 Å². The minimum absolute atomic E-state index is 0.632. The second-order valence-corrected chi connectivity index (χ2v) is 7.46. The van der Waals surface area contributed by atoms with Crippen molar-refractivity contribution in [2.24, 2.45) is 5.16 Å². The lowest BCUT2D eigenvalue weighted by Gasteiger charge is -2.26. The molecule has 1 aliphatic rings. The van der Waals surface area contributed by atoms with Gasteiger partial charge in [-0.1, -0.05) is 59.2 Å². The van der Waals surface area contributed by atoms with Crippen LogP contribution in [0.5, 0.6) is 0 Å². The van der Waals surface area contributed by atoms with Crippen molar-refractivity contribution >= 4 is 17.3 Å². The maximum absolute atomic E-state index is 6.04. The Morgan fingerprint density at radius 1 is 1.00 bits per heavy atom. The summed E-state index contributed by atoms with van der Waals surface area (Å²) in [5.41, 5.74) is 3.41. The average molecular weight is 401 g/mol. The summed E-state index contributed by atoms with van der Waals surface area (Å²) in [7, 11) is 0. The van der Waals surface area contributed by atoms with Crippen LogP contribution in [0, 0.1) is 0 Å². The largest absolute Gasteiger partial charge is 0.396 e. The van der Waals surface area contributed by atoms with Crippen molar-refractivity contribution in [1.29, 1.82) is 0 Å². The molecule has 5 heteroatoms. The minimum Gasteiger partial charge on any atom is -0.396 e. The Morgan fingerprint density at radius 2 is 1.75 bits per heavy atom. The highest BCUT2D eigenvalue weighted by Gasteiger charge is 2.10. The summed E-state index contributed by atoms with van der Waals surface area (Å²) in [5.74, 6) is 0. The molecule has 28 heavy (non-hydrogen) atoms. The van der Waals surface area contributed by atoms with Crippen LogP contribution in [0.1, 0.15) is 30.4 Å². The molecule has 0 spiro atoms. The smallest absolute Gasteiger partial charge is 0.118 e. The molecular formula is C23H29ClN2O2. The summed E-state index contributed by atoms with van der Waals surface area (Å²) >= 11 is 6.04. The number of rotatable bonds is 10. The first-order chi connectivity index (χ1) is 13.8. The van der Waals surface area contributed by atoms with Crippen LogP contribution in [-0.4, -0.2) is 50.1 Å². The third kappa shape index (κ3) is 7.27. The summed E-state index contributed by atoms with van der Waals surface area (Å²) in [6.45, 7) is 5.36. The van der Waals surface area contributed by atoms with E-state index in [1.165, 1.54) is 5.56 Å². The van der Waals surface area contributed by atoms with E-state index in [2.05, 4.69) is 40.4 Å². The van der Waals surface area contributed by atoms with Gasteiger partial charge < -0.3 is 9.57 Å². The predicted octanol–water partition coefficient (Wildman–Crippen LogP) is 4.81. The van der Waals surface area contributed by atoms with E-state index in [-0.39, 0.29) is 0 Å². The Bertz CT molecular complexity index is 713. The summed E-state index contributed by atoms with van der Waals surface area (Å²) in [4.78, 5) is 8.08. The molecule has 1 fully saturated rings. The molecule has 0 radical (unpaired) electrons. The Balaban J connectivity index is 1.49. The van der Waals surface area contributed by atoms with Crippen molar-refractivity contribution in [3.05, 3.63) is 70.7 Å². The van der Waals surface area contributed by atoms with E-state index in [1.54, 1.807) is 0 Å². The molecule has 1 aliphatic heterocycles. The second-order valence-electron chi connectivity index (χ2n) is 7.02. The van der Waals surface area contributed by atoms with E-state index in [4.69, 9.17) is 21.2 Å². The molecule has 1 heterocycles. The van der Waals surface area contributed by atoms with Crippen molar-refractivity contribution in [2.75, 3.05) is 39.5 Å². The van der Waals surface area contributed by atoms with E-state index in [0.717, 1.165) is 74.8 Å². The van der Waals surface area contributed by atoms with E-state index < -0.39 is 0 Å². The highest BCUT2D eigenvalue weighted by atomic mass is 35.5. The number of hydrogen-bond acceptors (Lipinski definition) is 4. The lowest BCUT2D eigenvalue weighted by Crippen LogP contribution is -2.37. The predicted molar refractivity (Wildman–Crippen MR) is 115 cm³/mol. The number of ether oxygens (including phenoxy) is 1. The molecule has 2 aromatic carbocycles. The van der Waals surface area contributed by atoms with Crippen LogP contribution in [0.25, 0.3) is 0 Å². The molecule has 0 bridgehead atoms. The first kappa shape index (κ1) is 20.8. The Morgan fingerprint density at radius 3 is 2.50 bits per heavy atom. The molecule has 0 amide bonds. The van der Waals surface area contributed by atoms with Gasteiger partial charge in [0.15, 0.2) is 0 Å². The van der Waals surface area contributed by atoms with Crippen LogP contribution in [0.4, 0.5) is 0 Å². The lowest BCUT2D eigenvalue weighted by atomic mass is 10.0. The van der Waals surface area contributed by atoms with Crippen molar-refractivity contribution in [3.8, 4) is 0 Å². The highest BCUT2D eigenvalue weighted by molar-refractivity contribution is 6.30. The van der Waals surface area contributed by atoms with Gasteiger partial charge in [0, 0.05) is 24.7 Å². The van der Waals surface area contributed by atoms with Crippen molar-refractivity contribution in [1.82, 2.24) is 4.90 Å². The molecule has 1 saturated heterocycles. The minimum atomic E-state index is 0.632. The molecule has 0 aromatic heterocycles. The van der Waals surface area contributed by atoms with Crippen LogP contribution in [0.2, 0.25) is 5.02 Å². The normalized spacial score (nSPS) is 15.5. The number of halogens is 1. The fourth-order valence-corrected chi connectivity index (χ4v) is 3.42. The quantitative estimate of drug-likeness (QED) is 0.326. The van der Waals surface area contributed by atoms with Gasteiger partial charge >= 0.3 is 0 Å². The van der Waals surface area contributed by atoms with Gasteiger partial charge in [0.05, 0.1) is 18.9 Å². The molecule has 4 nitrogen and oxygen atoms in total. The molecule has 0 saturated carbocycles. The van der Waals surface area contributed by atoms with Crippen LogP contribution in [0.3, 0.4) is 0 Å². The number of benzene rings is 2. The molecular weight excluding hydrogens is 372 g/mol. The van der Waals surface area contributed by atoms with Gasteiger partial charge in [0.2, 0.25) is 0 Å². The molecule has 0 aliphatic carbocycles. The number of oxime groups is 1. The molecule has 0 atom stereocenters. The summed E-state index contributed by atoms with van der Waals surface area (Å²) in [5, 5.41) is 5.20. The molecule has 2 aromatic rings.